The molecule has 0 aromatic carbocycles. The van der Waals surface area contributed by atoms with E-state index in [1.54, 1.807) is 0 Å². The first-order valence-electron chi connectivity index (χ1n) is 5.00. The molecule has 0 aromatic heterocycles. The van der Waals surface area contributed by atoms with Crippen molar-refractivity contribution in [3.05, 3.63) is 0 Å². The summed E-state index contributed by atoms with van der Waals surface area (Å²) in [4.78, 5) is 35.2. The van der Waals surface area contributed by atoms with Crippen molar-refractivity contribution >= 4 is 29.5 Å². The lowest BCUT2D eigenvalue weighted by Crippen LogP contribution is -2.49. The van der Waals surface area contributed by atoms with Crippen molar-refractivity contribution in [2.75, 3.05) is 11.6 Å². The summed E-state index contributed by atoms with van der Waals surface area (Å²) in [5, 5.41) is 11.5. The number of aliphatic carboxylic acids is 1. The van der Waals surface area contributed by atoms with Crippen LogP contribution in [0.5, 0.6) is 0 Å². The number of carbonyl (C=O) groups excluding carboxylic acids is 2. The lowest BCUT2D eigenvalue weighted by Gasteiger charge is -2.23. The van der Waals surface area contributed by atoms with Crippen LogP contribution in [0.25, 0.3) is 0 Å². The van der Waals surface area contributed by atoms with Crippen LogP contribution in [-0.4, -0.2) is 51.5 Å². The molecule has 0 spiro atoms. The highest BCUT2D eigenvalue weighted by molar-refractivity contribution is 7.99. The molecule has 6 nitrogen and oxygen atoms in total. The SMILES string of the molecule is O=C1CC[C@H](C(=O)N2CSC[C@H]2C(=O)O)N1. The number of nitrogens with one attached hydrogen (secondary N) is 1. The predicted octanol–water partition coefficient (Wildman–Crippen LogP) is -0.749. The van der Waals surface area contributed by atoms with Gasteiger partial charge in [0, 0.05) is 12.2 Å². The summed E-state index contributed by atoms with van der Waals surface area (Å²) in [6.07, 6.45) is 0.806. The summed E-state index contributed by atoms with van der Waals surface area (Å²) in [7, 11) is 0. The third kappa shape index (κ3) is 1.99. The van der Waals surface area contributed by atoms with Gasteiger partial charge in [-0.15, -0.1) is 11.8 Å². The van der Waals surface area contributed by atoms with Gasteiger partial charge >= 0.3 is 5.97 Å². The van der Waals surface area contributed by atoms with Gasteiger partial charge in [-0.05, 0) is 6.42 Å². The lowest BCUT2D eigenvalue weighted by molar-refractivity contribution is -0.148. The number of rotatable bonds is 2. The molecule has 0 aliphatic carbocycles. The highest BCUT2D eigenvalue weighted by Gasteiger charge is 2.39. The first-order chi connectivity index (χ1) is 7.59. The number of thioether (sulfide) groups is 1. The van der Waals surface area contributed by atoms with Crippen molar-refractivity contribution < 1.29 is 19.5 Å². The summed E-state index contributed by atoms with van der Waals surface area (Å²) in [5.74, 6) is -0.591. The Bertz CT molecular complexity index is 346. The third-order valence-electron chi connectivity index (χ3n) is 2.74. The molecule has 2 amide bonds. The Kier molecular flexibility index (Phi) is 3.04. The zero-order valence-electron chi connectivity index (χ0n) is 8.51. The molecule has 2 saturated heterocycles. The van der Waals surface area contributed by atoms with Crippen molar-refractivity contribution in [3.63, 3.8) is 0 Å². The largest absolute Gasteiger partial charge is 0.480 e. The van der Waals surface area contributed by atoms with Gasteiger partial charge in [0.2, 0.25) is 11.8 Å². The predicted molar refractivity (Wildman–Crippen MR) is 56.8 cm³/mol. The molecule has 0 radical (unpaired) electrons. The van der Waals surface area contributed by atoms with E-state index in [4.69, 9.17) is 5.11 Å². The Hall–Kier alpha value is -1.24. The van der Waals surface area contributed by atoms with Crippen LogP contribution in [-0.2, 0) is 14.4 Å². The van der Waals surface area contributed by atoms with Crippen LogP contribution in [0.15, 0.2) is 0 Å². The Morgan fingerprint density at radius 1 is 1.50 bits per heavy atom. The van der Waals surface area contributed by atoms with Gasteiger partial charge in [-0.2, -0.15) is 0 Å². The molecule has 0 bridgehead atoms. The third-order valence-corrected chi connectivity index (χ3v) is 3.76. The van der Waals surface area contributed by atoms with Gasteiger partial charge in [0.25, 0.3) is 0 Å². The van der Waals surface area contributed by atoms with Crippen LogP contribution >= 0.6 is 11.8 Å². The maximum absolute atomic E-state index is 11.9. The Morgan fingerprint density at radius 3 is 2.81 bits per heavy atom. The van der Waals surface area contributed by atoms with Gasteiger partial charge < -0.3 is 15.3 Å². The highest BCUT2D eigenvalue weighted by atomic mass is 32.2. The minimum absolute atomic E-state index is 0.142. The van der Waals surface area contributed by atoms with Crippen LogP contribution in [0.3, 0.4) is 0 Å². The van der Waals surface area contributed by atoms with Gasteiger partial charge in [0.05, 0.1) is 5.88 Å². The topological polar surface area (TPSA) is 86.7 Å². The van der Waals surface area contributed by atoms with E-state index < -0.39 is 18.1 Å². The smallest absolute Gasteiger partial charge is 0.327 e. The van der Waals surface area contributed by atoms with E-state index >= 15 is 0 Å². The first kappa shape index (κ1) is 11.3. The van der Waals surface area contributed by atoms with E-state index in [1.165, 1.54) is 16.7 Å². The molecule has 2 aliphatic heterocycles. The first-order valence-corrected chi connectivity index (χ1v) is 6.15. The van der Waals surface area contributed by atoms with Gasteiger partial charge in [-0.1, -0.05) is 0 Å². The van der Waals surface area contributed by atoms with Crippen LogP contribution < -0.4 is 5.32 Å². The second-order valence-electron chi connectivity index (χ2n) is 3.82. The molecule has 0 aromatic rings. The average Bonchev–Trinajstić information content (AvgIpc) is 2.84. The number of carboxylic acids is 1. The Labute approximate surface area is 96.4 Å². The van der Waals surface area contributed by atoms with E-state index in [1.807, 2.05) is 0 Å². The molecule has 2 fully saturated rings. The van der Waals surface area contributed by atoms with Crippen molar-refractivity contribution in [1.29, 1.82) is 0 Å². The van der Waals surface area contributed by atoms with Gasteiger partial charge in [-0.25, -0.2) is 4.79 Å². The summed E-state index contributed by atoms with van der Waals surface area (Å²) >= 11 is 1.42. The van der Waals surface area contributed by atoms with Crippen LogP contribution in [0.2, 0.25) is 0 Å². The number of carboxylic acid groups (broad SMARTS) is 1. The minimum atomic E-state index is -0.984. The molecule has 2 heterocycles. The van der Waals surface area contributed by atoms with Gasteiger partial charge in [0.1, 0.15) is 12.1 Å². The summed E-state index contributed by atoms with van der Waals surface area (Å²) < 4.78 is 0. The molecule has 2 N–H and O–H groups in total. The second kappa shape index (κ2) is 4.32. The number of nitrogens with zero attached hydrogens (tertiary/aromatic N) is 1. The molecular formula is C9H12N2O4S. The molecule has 0 saturated carbocycles. The van der Waals surface area contributed by atoms with Crippen LogP contribution in [0, 0.1) is 0 Å². The molecule has 88 valence electrons. The van der Waals surface area contributed by atoms with E-state index in [-0.39, 0.29) is 11.8 Å². The fraction of sp³-hybridized carbons (Fsp3) is 0.667. The molecule has 16 heavy (non-hydrogen) atoms. The van der Waals surface area contributed by atoms with E-state index in [0.29, 0.717) is 24.5 Å². The molecule has 2 rings (SSSR count). The van der Waals surface area contributed by atoms with E-state index in [0.717, 1.165) is 0 Å². The maximum atomic E-state index is 11.9. The summed E-state index contributed by atoms with van der Waals surface area (Å²) in [5.41, 5.74) is 0. The van der Waals surface area contributed by atoms with Crippen LogP contribution in [0.1, 0.15) is 12.8 Å². The molecule has 2 atom stereocenters. The van der Waals surface area contributed by atoms with Crippen LogP contribution in [0.4, 0.5) is 0 Å². The van der Waals surface area contributed by atoms with E-state index in [9.17, 15) is 14.4 Å². The summed E-state index contributed by atoms with van der Waals surface area (Å²) in [6.45, 7) is 0. The fourth-order valence-corrected chi connectivity index (χ4v) is 3.02. The van der Waals surface area contributed by atoms with Crippen molar-refractivity contribution in [1.82, 2.24) is 10.2 Å². The minimum Gasteiger partial charge on any atom is -0.480 e. The zero-order valence-corrected chi connectivity index (χ0v) is 9.33. The monoisotopic (exact) mass is 244 g/mol. The fourth-order valence-electron chi connectivity index (χ4n) is 1.86. The normalized spacial score (nSPS) is 29.2. The second-order valence-corrected chi connectivity index (χ2v) is 4.82. The number of carbonyl (C=O) groups is 3. The van der Waals surface area contributed by atoms with Crippen molar-refractivity contribution in [3.8, 4) is 0 Å². The standard InChI is InChI=1S/C9H12N2O4S/c12-7-2-1-5(10-7)8(13)11-4-16-3-6(11)9(14)15/h5-6H,1-4H2,(H,10,12)(H,14,15)/t5-,6+/m1/s1. The lowest BCUT2D eigenvalue weighted by atomic mass is 10.2. The van der Waals surface area contributed by atoms with Crippen molar-refractivity contribution in [2.45, 2.75) is 24.9 Å². The molecule has 0 unspecified atom stereocenters. The molecule has 7 heteroatoms. The molecule has 2 aliphatic rings. The highest BCUT2D eigenvalue weighted by Crippen LogP contribution is 2.23. The maximum Gasteiger partial charge on any atom is 0.327 e. The number of hydrogen-bond donors (Lipinski definition) is 2. The summed E-state index contributed by atoms with van der Waals surface area (Å²) in [6, 6.07) is -1.29. The Morgan fingerprint density at radius 2 is 2.25 bits per heavy atom. The number of amides is 2. The molecular weight excluding hydrogens is 232 g/mol. The van der Waals surface area contributed by atoms with Crippen molar-refractivity contribution in [2.24, 2.45) is 0 Å². The quantitative estimate of drug-likeness (QED) is 0.667. The van der Waals surface area contributed by atoms with E-state index in [2.05, 4.69) is 5.32 Å². The van der Waals surface area contributed by atoms with Gasteiger partial charge in [-0.3, -0.25) is 9.59 Å². The number of hydrogen-bond acceptors (Lipinski definition) is 4. The zero-order chi connectivity index (χ0) is 11.7. The van der Waals surface area contributed by atoms with Gasteiger partial charge in [0.15, 0.2) is 0 Å². The average molecular weight is 244 g/mol. The Balaban J connectivity index is 2.03.